The van der Waals surface area contributed by atoms with Crippen molar-refractivity contribution in [1.82, 2.24) is 9.55 Å². The van der Waals surface area contributed by atoms with Crippen molar-refractivity contribution < 1.29 is 22.7 Å². The van der Waals surface area contributed by atoms with Gasteiger partial charge in [-0.2, -0.15) is 13.2 Å². The van der Waals surface area contributed by atoms with Gasteiger partial charge in [-0.1, -0.05) is 57.5 Å². The largest absolute Gasteiger partial charge is 0.465 e. The van der Waals surface area contributed by atoms with E-state index in [4.69, 9.17) is 4.74 Å². The summed E-state index contributed by atoms with van der Waals surface area (Å²) in [5.41, 5.74) is -1.48. The molecule has 0 atom stereocenters. The molecule has 0 aliphatic heterocycles. The lowest BCUT2D eigenvalue weighted by Crippen LogP contribution is -2.32. The van der Waals surface area contributed by atoms with Gasteiger partial charge in [-0.15, -0.1) is 0 Å². The molecule has 9 heteroatoms. The lowest BCUT2D eigenvalue weighted by atomic mass is 9.81. The number of carbonyl (C=O) groups excluding carboxylic acids is 1. The van der Waals surface area contributed by atoms with Crippen molar-refractivity contribution in [2.45, 2.75) is 84.5 Å². The summed E-state index contributed by atoms with van der Waals surface area (Å²) in [5, 5.41) is 0.427. The lowest BCUT2D eigenvalue weighted by molar-refractivity contribution is -0.156. The Morgan fingerprint density at radius 3 is 2.43 bits per heavy atom. The Kier molecular flexibility index (Phi) is 11.3. The summed E-state index contributed by atoms with van der Waals surface area (Å²) < 4.78 is 48.3. The number of aromatic nitrogens is 2. The molecule has 0 saturated carbocycles. The molecule has 37 heavy (non-hydrogen) atoms. The number of ether oxygens (including phenoxy) is 1. The fourth-order valence-corrected chi connectivity index (χ4v) is 4.53. The molecule has 206 valence electrons. The number of nitrogens with zero attached hydrogens (tertiary/aromatic N) is 2. The highest BCUT2D eigenvalue weighted by atomic mass is 32.2. The van der Waals surface area contributed by atoms with E-state index in [1.165, 1.54) is 35.6 Å². The maximum Gasteiger partial charge on any atom is 0.417 e. The number of benzene rings is 1. The summed E-state index contributed by atoms with van der Waals surface area (Å²) >= 11 is 1.35. The molecular weight excluding hydrogens is 501 g/mol. The second-order valence-electron chi connectivity index (χ2n) is 10.2. The Morgan fingerprint density at radius 1 is 1.11 bits per heavy atom. The number of carbonyl (C=O) groups is 1. The number of thioether (sulfide) groups is 1. The highest BCUT2D eigenvalue weighted by Crippen LogP contribution is 2.37. The van der Waals surface area contributed by atoms with E-state index < -0.39 is 22.7 Å². The summed E-state index contributed by atoms with van der Waals surface area (Å²) in [4.78, 5) is 29.5. The van der Waals surface area contributed by atoms with E-state index in [0.717, 1.165) is 31.7 Å². The highest BCUT2D eigenvalue weighted by molar-refractivity contribution is 7.99. The van der Waals surface area contributed by atoms with Crippen molar-refractivity contribution >= 4 is 17.7 Å². The van der Waals surface area contributed by atoms with Gasteiger partial charge in [0.05, 0.1) is 23.1 Å². The van der Waals surface area contributed by atoms with Crippen molar-refractivity contribution in [3.8, 4) is 11.1 Å². The number of hydrogen-bond donors (Lipinski definition) is 0. The molecule has 0 saturated heterocycles. The van der Waals surface area contributed by atoms with Crippen molar-refractivity contribution in [2.75, 3.05) is 12.4 Å². The summed E-state index contributed by atoms with van der Waals surface area (Å²) in [6, 6.07) is 4.21. The second-order valence-corrected chi connectivity index (χ2v) is 11.3. The molecule has 0 unspecified atom stereocenters. The van der Waals surface area contributed by atoms with E-state index in [9.17, 15) is 22.8 Å². The molecule has 0 bridgehead atoms. The van der Waals surface area contributed by atoms with Crippen molar-refractivity contribution in [1.29, 1.82) is 0 Å². The predicted molar refractivity (Wildman–Crippen MR) is 143 cm³/mol. The maximum atomic E-state index is 13.9. The molecule has 0 aliphatic rings. The van der Waals surface area contributed by atoms with Gasteiger partial charge >= 0.3 is 12.1 Å². The lowest BCUT2D eigenvalue weighted by Gasteiger charge is -2.26. The predicted octanol–water partition coefficient (Wildman–Crippen LogP) is 7.30. The van der Waals surface area contributed by atoms with Gasteiger partial charge in [0.1, 0.15) is 0 Å². The van der Waals surface area contributed by atoms with Crippen LogP contribution < -0.4 is 5.56 Å². The minimum atomic E-state index is -4.58. The number of alkyl halides is 3. The molecular formula is C28H39F3N2O3S. The van der Waals surface area contributed by atoms with Crippen LogP contribution in [-0.4, -0.2) is 27.9 Å². The van der Waals surface area contributed by atoms with Gasteiger partial charge in [0, 0.05) is 24.6 Å². The van der Waals surface area contributed by atoms with Crippen LogP contribution in [0, 0.1) is 11.3 Å². The molecule has 0 fully saturated rings. The van der Waals surface area contributed by atoms with Crippen molar-refractivity contribution in [3.05, 3.63) is 45.9 Å². The van der Waals surface area contributed by atoms with Crippen molar-refractivity contribution in [3.63, 3.8) is 0 Å². The van der Waals surface area contributed by atoms with Gasteiger partial charge in [0.15, 0.2) is 5.16 Å². The minimum absolute atomic E-state index is 0.0704. The number of halogens is 3. The summed E-state index contributed by atoms with van der Waals surface area (Å²) in [6.07, 6.45) is 1.38. The van der Waals surface area contributed by atoms with Crippen LogP contribution in [0.1, 0.15) is 77.8 Å². The van der Waals surface area contributed by atoms with E-state index >= 15 is 0 Å². The molecule has 1 aromatic carbocycles. The van der Waals surface area contributed by atoms with Crippen LogP contribution in [0.15, 0.2) is 34.3 Å². The Balaban J connectivity index is 2.06. The average Bonchev–Trinajstić information content (AvgIpc) is 2.83. The van der Waals surface area contributed by atoms with Crippen LogP contribution in [0.3, 0.4) is 0 Å². The first-order chi connectivity index (χ1) is 17.3. The zero-order valence-electron chi connectivity index (χ0n) is 22.7. The number of aryl methyl sites for hydroxylation is 1. The molecule has 0 radical (unpaired) electrons. The Labute approximate surface area is 222 Å². The first-order valence-electron chi connectivity index (χ1n) is 12.9. The van der Waals surface area contributed by atoms with Gasteiger partial charge in [-0.3, -0.25) is 14.2 Å². The smallest absolute Gasteiger partial charge is 0.417 e. The zero-order chi connectivity index (χ0) is 27.8. The Hall–Kier alpha value is -2.29. The third-order valence-electron chi connectivity index (χ3n) is 6.85. The quantitative estimate of drug-likeness (QED) is 0.115. The molecule has 1 aromatic heterocycles. The number of hydrogen-bond acceptors (Lipinski definition) is 5. The van der Waals surface area contributed by atoms with Crippen LogP contribution in [0.25, 0.3) is 11.1 Å². The van der Waals surface area contributed by atoms with Gasteiger partial charge in [-0.05, 0) is 57.1 Å². The van der Waals surface area contributed by atoms with Crippen LogP contribution in [0.2, 0.25) is 0 Å². The van der Waals surface area contributed by atoms with E-state index in [0.29, 0.717) is 35.9 Å². The molecule has 1 heterocycles. The normalized spacial score (nSPS) is 12.3. The van der Waals surface area contributed by atoms with Gasteiger partial charge in [0.2, 0.25) is 0 Å². The summed E-state index contributed by atoms with van der Waals surface area (Å²) in [5.74, 6) is 0.578. The zero-order valence-corrected chi connectivity index (χ0v) is 23.5. The minimum Gasteiger partial charge on any atom is -0.465 e. The van der Waals surface area contributed by atoms with Gasteiger partial charge in [-0.25, -0.2) is 4.98 Å². The molecule has 5 nitrogen and oxygen atoms in total. The number of unbranched alkanes of at least 4 members (excludes halogenated alkanes) is 3. The fraction of sp³-hybridized carbons (Fsp3) is 0.607. The third kappa shape index (κ3) is 8.35. The molecule has 2 aromatic rings. The SMILES string of the molecule is CCCCCc1ccc(-c2cnc(SCCCCOC(=O)C(C)(C)C(C)C)n(C)c2=O)c(C(F)(F)F)c1. The first-order valence-corrected chi connectivity index (χ1v) is 13.9. The second kappa shape index (κ2) is 13.5. The van der Waals surface area contributed by atoms with E-state index in [1.54, 1.807) is 6.07 Å². The highest BCUT2D eigenvalue weighted by Gasteiger charge is 2.35. The summed E-state index contributed by atoms with van der Waals surface area (Å²) in [6.45, 7) is 10.1. The monoisotopic (exact) mass is 540 g/mol. The first kappa shape index (κ1) is 30.9. The third-order valence-corrected chi connectivity index (χ3v) is 7.98. The Morgan fingerprint density at radius 2 is 1.81 bits per heavy atom. The summed E-state index contributed by atoms with van der Waals surface area (Å²) in [7, 11) is 1.52. The molecule has 0 aliphatic carbocycles. The molecule has 0 spiro atoms. The van der Waals surface area contributed by atoms with Crippen molar-refractivity contribution in [2.24, 2.45) is 18.4 Å². The maximum absolute atomic E-state index is 13.9. The van der Waals surface area contributed by atoms with E-state index in [2.05, 4.69) is 4.98 Å². The van der Waals surface area contributed by atoms with Crippen LogP contribution >= 0.6 is 11.8 Å². The Bertz CT molecular complexity index is 1110. The fourth-order valence-electron chi connectivity index (χ4n) is 3.60. The number of esters is 1. The van der Waals surface area contributed by atoms with Crippen LogP contribution in [-0.2, 0) is 29.2 Å². The van der Waals surface area contributed by atoms with E-state index in [-0.39, 0.29) is 23.0 Å². The van der Waals surface area contributed by atoms with Gasteiger partial charge in [0.25, 0.3) is 5.56 Å². The standard InChI is InChI=1S/C28H39F3N2O3S/c1-7-8-9-12-20-13-14-21(23(17-20)28(29,30)31)22-18-32-26(33(6)24(22)34)37-16-11-10-15-36-25(35)27(4,5)19(2)3/h13-14,17-19H,7-12,15-16H2,1-6H3. The topological polar surface area (TPSA) is 61.2 Å². The molecule has 0 N–H and O–H groups in total. The molecule has 2 rings (SSSR count). The molecule has 0 amide bonds. The van der Waals surface area contributed by atoms with Gasteiger partial charge < -0.3 is 4.74 Å². The van der Waals surface area contributed by atoms with E-state index in [1.807, 2.05) is 34.6 Å². The van der Waals surface area contributed by atoms with Crippen LogP contribution in [0.5, 0.6) is 0 Å². The number of rotatable bonds is 13. The average molecular weight is 541 g/mol. The van der Waals surface area contributed by atoms with Crippen LogP contribution in [0.4, 0.5) is 13.2 Å².